The topological polar surface area (TPSA) is 41.6 Å². The zero-order valence-corrected chi connectivity index (χ0v) is 12.6. The summed E-state index contributed by atoms with van der Waals surface area (Å²) in [4.78, 5) is 7.42. The van der Waals surface area contributed by atoms with E-state index in [0.717, 1.165) is 17.2 Å². The minimum absolute atomic E-state index is 0.772. The monoisotopic (exact) mass is 295 g/mol. The van der Waals surface area contributed by atoms with Crippen LogP contribution in [0, 0.1) is 0 Å². The highest BCUT2D eigenvalue weighted by Crippen LogP contribution is 2.34. The number of hydrogen-bond donors (Lipinski definition) is 1. The van der Waals surface area contributed by atoms with E-state index >= 15 is 0 Å². The molecule has 0 radical (unpaired) electrons. The van der Waals surface area contributed by atoms with Gasteiger partial charge in [-0.1, -0.05) is 36.8 Å². The van der Waals surface area contributed by atoms with E-state index in [2.05, 4.69) is 21.2 Å². The molecule has 0 saturated carbocycles. The van der Waals surface area contributed by atoms with Crippen molar-refractivity contribution in [3.05, 3.63) is 46.8 Å². The van der Waals surface area contributed by atoms with Crippen LogP contribution in [0.3, 0.4) is 0 Å². The lowest BCUT2D eigenvalue weighted by molar-refractivity contribution is 0.713. The van der Waals surface area contributed by atoms with Gasteiger partial charge in [-0.2, -0.15) is 5.10 Å². The quantitative estimate of drug-likeness (QED) is 0.709. The summed E-state index contributed by atoms with van der Waals surface area (Å²) in [5, 5.41) is 7.45. The van der Waals surface area contributed by atoms with Crippen LogP contribution in [0.5, 0.6) is 0 Å². The number of thiophene rings is 1. The van der Waals surface area contributed by atoms with Gasteiger partial charge in [0.25, 0.3) is 0 Å². The summed E-state index contributed by atoms with van der Waals surface area (Å²) in [6.45, 7) is 0. The summed E-state index contributed by atoms with van der Waals surface area (Å²) in [6.07, 6.45) is 6.43. The second kappa shape index (κ2) is 5.45. The van der Waals surface area contributed by atoms with Crippen LogP contribution < -0.4 is 0 Å². The van der Waals surface area contributed by atoms with Crippen LogP contribution in [0.25, 0.3) is 22.1 Å². The third kappa shape index (κ3) is 2.51. The lowest BCUT2D eigenvalue weighted by atomic mass is 10.1. The second-order valence-corrected chi connectivity index (χ2v) is 6.63. The predicted molar refractivity (Wildman–Crippen MR) is 86.4 cm³/mol. The molecule has 0 amide bonds. The third-order valence-electron chi connectivity index (χ3n) is 4.00. The van der Waals surface area contributed by atoms with Crippen LogP contribution >= 0.6 is 11.3 Å². The molecular weight excluding hydrogens is 278 g/mol. The molecule has 0 fully saturated rings. The number of aromatic nitrogens is 3. The molecule has 3 aromatic rings. The molecule has 2 aromatic heterocycles. The maximum Gasteiger partial charge on any atom is 0.181 e. The van der Waals surface area contributed by atoms with E-state index in [1.54, 1.807) is 4.88 Å². The summed E-state index contributed by atoms with van der Waals surface area (Å²) in [5.41, 5.74) is 2.57. The molecule has 1 aliphatic rings. The first kappa shape index (κ1) is 12.8. The van der Waals surface area contributed by atoms with Crippen LogP contribution in [-0.4, -0.2) is 15.2 Å². The summed E-state index contributed by atoms with van der Waals surface area (Å²) < 4.78 is 0. The highest BCUT2D eigenvalue weighted by Gasteiger charge is 2.15. The molecule has 0 bridgehead atoms. The Bertz CT molecular complexity index is 719. The predicted octanol–water partition coefficient (Wildman–Crippen LogP) is 4.47. The van der Waals surface area contributed by atoms with Crippen molar-refractivity contribution in [2.75, 3.05) is 0 Å². The lowest BCUT2D eigenvalue weighted by Gasteiger charge is -1.93. The van der Waals surface area contributed by atoms with E-state index in [9.17, 15) is 0 Å². The number of hydrogen-bond acceptors (Lipinski definition) is 3. The van der Waals surface area contributed by atoms with Crippen molar-refractivity contribution < 1.29 is 0 Å². The Balaban J connectivity index is 1.67. The van der Waals surface area contributed by atoms with E-state index < -0.39 is 0 Å². The molecule has 1 aromatic carbocycles. The number of H-pyrrole nitrogens is 1. The van der Waals surface area contributed by atoms with Crippen molar-refractivity contribution in [2.24, 2.45) is 0 Å². The summed E-state index contributed by atoms with van der Waals surface area (Å²) >= 11 is 1.88. The number of aryl methyl sites for hydroxylation is 2. The molecule has 106 valence electrons. The van der Waals surface area contributed by atoms with Gasteiger partial charge in [-0.05, 0) is 37.3 Å². The fourth-order valence-corrected chi connectivity index (χ4v) is 4.07. The van der Waals surface area contributed by atoms with E-state index in [1.807, 2.05) is 41.7 Å². The molecule has 0 spiro atoms. The van der Waals surface area contributed by atoms with Crippen molar-refractivity contribution in [3.8, 4) is 22.1 Å². The fourth-order valence-electron chi connectivity index (χ4n) is 2.87. The van der Waals surface area contributed by atoms with Crippen molar-refractivity contribution in [3.63, 3.8) is 0 Å². The molecule has 1 N–H and O–H groups in total. The van der Waals surface area contributed by atoms with Crippen LogP contribution in [-0.2, 0) is 12.8 Å². The zero-order chi connectivity index (χ0) is 14.1. The minimum atomic E-state index is 0.772. The maximum absolute atomic E-state index is 4.66. The maximum atomic E-state index is 4.66. The number of nitrogens with zero attached hydrogens (tertiary/aromatic N) is 2. The molecule has 21 heavy (non-hydrogen) atoms. The highest BCUT2D eigenvalue weighted by atomic mass is 32.1. The molecule has 1 aliphatic carbocycles. The summed E-state index contributed by atoms with van der Waals surface area (Å²) in [5.74, 6) is 1.67. The smallest absolute Gasteiger partial charge is 0.181 e. The Morgan fingerprint density at radius 2 is 1.86 bits per heavy atom. The number of benzene rings is 1. The van der Waals surface area contributed by atoms with E-state index in [1.165, 1.54) is 42.5 Å². The van der Waals surface area contributed by atoms with E-state index in [0.29, 0.717) is 0 Å². The lowest BCUT2D eigenvalue weighted by Crippen LogP contribution is -1.81. The Kier molecular flexibility index (Phi) is 3.31. The van der Waals surface area contributed by atoms with Crippen molar-refractivity contribution >= 4 is 11.3 Å². The fraction of sp³-hybridized carbons (Fsp3) is 0.294. The van der Waals surface area contributed by atoms with Gasteiger partial charge >= 0.3 is 0 Å². The van der Waals surface area contributed by atoms with Crippen molar-refractivity contribution in [1.29, 1.82) is 0 Å². The van der Waals surface area contributed by atoms with Gasteiger partial charge in [0.05, 0.1) is 4.88 Å². The largest absolute Gasteiger partial charge is 0.258 e. The first-order chi connectivity index (χ1) is 10.4. The Hall–Kier alpha value is -1.94. The van der Waals surface area contributed by atoms with Gasteiger partial charge < -0.3 is 0 Å². The molecule has 4 rings (SSSR count). The van der Waals surface area contributed by atoms with Crippen LogP contribution in [0.4, 0.5) is 0 Å². The molecule has 0 atom stereocenters. The number of aromatic amines is 1. The first-order valence-electron chi connectivity index (χ1n) is 7.50. The Morgan fingerprint density at radius 3 is 2.76 bits per heavy atom. The molecule has 0 aliphatic heterocycles. The summed E-state index contributed by atoms with van der Waals surface area (Å²) in [7, 11) is 0. The molecule has 3 nitrogen and oxygen atoms in total. The molecule has 0 unspecified atom stereocenters. The average Bonchev–Trinajstić information content (AvgIpc) is 3.11. The molecule has 2 heterocycles. The molecule has 4 heteroatoms. The molecule has 0 saturated heterocycles. The van der Waals surface area contributed by atoms with Gasteiger partial charge in [-0.3, -0.25) is 5.10 Å². The van der Waals surface area contributed by atoms with Gasteiger partial charge in [0, 0.05) is 10.4 Å². The Morgan fingerprint density at radius 1 is 1.00 bits per heavy atom. The Labute approximate surface area is 128 Å². The number of nitrogens with one attached hydrogen (secondary N) is 1. The third-order valence-corrected chi connectivity index (χ3v) is 5.24. The van der Waals surface area contributed by atoms with Gasteiger partial charge in [-0.15, -0.1) is 11.3 Å². The van der Waals surface area contributed by atoms with Crippen LogP contribution in [0.1, 0.15) is 29.7 Å². The van der Waals surface area contributed by atoms with Gasteiger partial charge in [0.1, 0.15) is 0 Å². The van der Waals surface area contributed by atoms with E-state index in [-0.39, 0.29) is 0 Å². The standard InChI is InChI=1S/C17H17N3S/c1-3-7-12(8-4-1)16-18-17(20-19-16)15-11-13-9-5-2-6-10-14(13)21-15/h1,3-4,7-8,11H,2,5-6,9-10H2,(H,18,19,20). The van der Waals surface area contributed by atoms with Crippen molar-refractivity contribution in [1.82, 2.24) is 15.2 Å². The van der Waals surface area contributed by atoms with Crippen molar-refractivity contribution in [2.45, 2.75) is 32.1 Å². The first-order valence-corrected chi connectivity index (χ1v) is 8.31. The SMILES string of the molecule is c1ccc(-c2n[nH]c(-c3cc4c(s3)CCCCC4)n2)cc1. The second-order valence-electron chi connectivity index (χ2n) is 5.49. The average molecular weight is 295 g/mol. The summed E-state index contributed by atoms with van der Waals surface area (Å²) in [6, 6.07) is 12.4. The minimum Gasteiger partial charge on any atom is -0.258 e. The van der Waals surface area contributed by atoms with Gasteiger partial charge in [0.15, 0.2) is 11.6 Å². The van der Waals surface area contributed by atoms with E-state index in [4.69, 9.17) is 0 Å². The highest BCUT2D eigenvalue weighted by molar-refractivity contribution is 7.15. The normalized spacial score (nSPS) is 14.7. The van der Waals surface area contributed by atoms with Gasteiger partial charge in [0.2, 0.25) is 0 Å². The molecular formula is C17H17N3S. The number of rotatable bonds is 2. The zero-order valence-electron chi connectivity index (χ0n) is 11.8. The number of fused-ring (bicyclic) bond motifs is 1. The van der Waals surface area contributed by atoms with Crippen LogP contribution in [0.2, 0.25) is 0 Å². The van der Waals surface area contributed by atoms with Gasteiger partial charge in [-0.25, -0.2) is 4.98 Å². The van der Waals surface area contributed by atoms with Crippen LogP contribution in [0.15, 0.2) is 36.4 Å².